The van der Waals surface area contributed by atoms with E-state index in [2.05, 4.69) is 4.72 Å². The maximum atomic E-state index is 12.2. The van der Waals surface area contributed by atoms with E-state index in [4.69, 9.17) is 4.74 Å². The standard InChI is InChI=1S/C13H21NO4S/c1-9(2)10(3)14-19(16,17)12-5-6-13(18-4)11(7-12)8-15/h5-7,9-10,14-15H,8H2,1-4H3. The summed E-state index contributed by atoms with van der Waals surface area (Å²) < 4.78 is 32.0. The summed E-state index contributed by atoms with van der Waals surface area (Å²) in [6.07, 6.45) is 0. The second kappa shape index (κ2) is 6.36. The minimum atomic E-state index is -3.58. The predicted octanol–water partition coefficient (Wildman–Crippen LogP) is 1.51. The largest absolute Gasteiger partial charge is 0.496 e. The van der Waals surface area contributed by atoms with E-state index in [1.165, 1.54) is 19.2 Å². The lowest BCUT2D eigenvalue weighted by Gasteiger charge is -2.18. The Kier molecular flexibility index (Phi) is 5.34. The summed E-state index contributed by atoms with van der Waals surface area (Å²) in [6, 6.07) is 4.27. The van der Waals surface area contributed by atoms with E-state index in [1.54, 1.807) is 6.07 Å². The number of methoxy groups -OCH3 is 1. The van der Waals surface area contributed by atoms with Crippen LogP contribution in [0, 0.1) is 5.92 Å². The Labute approximate surface area is 114 Å². The maximum Gasteiger partial charge on any atom is 0.240 e. The predicted molar refractivity (Wildman–Crippen MR) is 73.5 cm³/mol. The van der Waals surface area contributed by atoms with E-state index < -0.39 is 10.0 Å². The van der Waals surface area contributed by atoms with E-state index in [-0.39, 0.29) is 23.5 Å². The van der Waals surface area contributed by atoms with Crippen molar-refractivity contribution in [2.24, 2.45) is 5.92 Å². The number of rotatable bonds is 6. The Bertz CT molecular complexity index is 525. The molecule has 0 saturated carbocycles. The molecule has 0 saturated heterocycles. The zero-order valence-electron chi connectivity index (χ0n) is 11.7. The zero-order chi connectivity index (χ0) is 14.6. The molecule has 6 heteroatoms. The van der Waals surface area contributed by atoms with Gasteiger partial charge in [0, 0.05) is 11.6 Å². The molecule has 1 rings (SSSR count). The highest BCUT2D eigenvalue weighted by Gasteiger charge is 2.20. The third-order valence-electron chi connectivity index (χ3n) is 3.07. The molecular weight excluding hydrogens is 266 g/mol. The lowest BCUT2D eigenvalue weighted by atomic mass is 10.1. The molecule has 108 valence electrons. The molecule has 1 atom stereocenters. The normalized spacial score (nSPS) is 13.6. The van der Waals surface area contributed by atoms with Gasteiger partial charge in [-0.25, -0.2) is 13.1 Å². The van der Waals surface area contributed by atoms with Crippen LogP contribution >= 0.6 is 0 Å². The molecule has 1 aromatic carbocycles. The van der Waals surface area contributed by atoms with Crippen molar-refractivity contribution in [3.05, 3.63) is 23.8 Å². The number of aliphatic hydroxyl groups excluding tert-OH is 1. The van der Waals surface area contributed by atoms with E-state index in [0.717, 1.165) is 0 Å². The first-order chi connectivity index (χ1) is 8.81. The Balaban J connectivity index is 3.08. The quantitative estimate of drug-likeness (QED) is 0.831. The molecular formula is C13H21NO4S. The maximum absolute atomic E-state index is 12.2. The molecule has 0 fully saturated rings. The number of nitrogens with one attached hydrogen (secondary N) is 1. The molecule has 0 heterocycles. The summed E-state index contributed by atoms with van der Waals surface area (Å²) in [5.41, 5.74) is 0.447. The van der Waals surface area contributed by atoms with Crippen LogP contribution in [0.3, 0.4) is 0 Å². The summed E-state index contributed by atoms with van der Waals surface area (Å²) in [6.45, 7) is 5.44. The number of ether oxygens (including phenoxy) is 1. The van der Waals surface area contributed by atoms with Crippen molar-refractivity contribution in [2.45, 2.75) is 38.3 Å². The molecule has 0 spiro atoms. The molecule has 0 bridgehead atoms. The Hall–Kier alpha value is -1.11. The van der Waals surface area contributed by atoms with Gasteiger partial charge in [-0.1, -0.05) is 13.8 Å². The Morgan fingerprint density at radius 3 is 2.42 bits per heavy atom. The number of hydrogen-bond acceptors (Lipinski definition) is 4. The van der Waals surface area contributed by atoms with Gasteiger partial charge in [-0.3, -0.25) is 0 Å². The number of sulfonamides is 1. The number of aliphatic hydroxyl groups is 1. The molecule has 0 aliphatic heterocycles. The summed E-state index contributed by atoms with van der Waals surface area (Å²) in [5, 5.41) is 9.21. The SMILES string of the molecule is COc1ccc(S(=O)(=O)NC(C)C(C)C)cc1CO. The Morgan fingerprint density at radius 1 is 1.32 bits per heavy atom. The fourth-order valence-corrected chi connectivity index (χ4v) is 2.94. The molecule has 5 nitrogen and oxygen atoms in total. The lowest BCUT2D eigenvalue weighted by molar-refractivity contribution is 0.273. The van der Waals surface area contributed by atoms with Gasteiger partial charge >= 0.3 is 0 Å². The van der Waals surface area contributed by atoms with Gasteiger partial charge in [-0.15, -0.1) is 0 Å². The summed E-state index contributed by atoms with van der Waals surface area (Å²) in [7, 11) is -2.10. The van der Waals surface area contributed by atoms with E-state index in [1.807, 2.05) is 20.8 Å². The summed E-state index contributed by atoms with van der Waals surface area (Å²) in [4.78, 5) is 0.129. The van der Waals surface area contributed by atoms with Crippen molar-refractivity contribution < 1.29 is 18.3 Å². The molecule has 2 N–H and O–H groups in total. The van der Waals surface area contributed by atoms with Crippen molar-refractivity contribution in [1.82, 2.24) is 4.72 Å². The molecule has 0 radical (unpaired) electrons. The van der Waals surface area contributed by atoms with Gasteiger partial charge in [-0.2, -0.15) is 0 Å². The van der Waals surface area contributed by atoms with Crippen LogP contribution in [-0.2, 0) is 16.6 Å². The third kappa shape index (κ3) is 3.92. The van der Waals surface area contributed by atoms with Gasteiger partial charge in [0.25, 0.3) is 0 Å². The second-order valence-corrected chi connectivity index (χ2v) is 6.50. The monoisotopic (exact) mass is 287 g/mol. The molecule has 19 heavy (non-hydrogen) atoms. The third-order valence-corrected chi connectivity index (χ3v) is 4.63. The molecule has 0 amide bonds. The van der Waals surface area contributed by atoms with E-state index in [0.29, 0.717) is 11.3 Å². The molecule has 0 aromatic heterocycles. The van der Waals surface area contributed by atoms with Gasteiger partial charge in [0.15, 0.2) is 0 Å². The van der Waals surface area contributed by atoms with Crippen LogP contribution in [0.1, 0.15) is 26.3 Å². The van der Waals surface area contributed by atoms with Crippen molar-refractivity contribution in [3.8, 4) is 5.75 Å². The summed E-state index contributed by atoms with van der Waals surface area (Å²) >= 11 is 0. The number of benzene rings is 1. The topological polar surface area (TPSA) is 75.6 Å². The van der Waals surface area contributed by atoms with Crippen molar-refractivity contribution in [3.63, 3.8) is 0 Å². The fourth-order valence-electron chi connectivity index (χ4n) is 1.49. The summed E-state index contributed by atoms with van der Waals surface area (Å²) in [5.74, 6) is 0.670. The van der Waals surface area contributed by atoms with Crippen LogP contribution in [0.4, 0.5) is 0 Å². The molecule has 1 aromatic rings. The minimum absolute atomic E-state index is 0.129. The zero-order valence-corrected chi connectivity index (χ0v) is 12.5. The first-order valence-electron chi connectivity index (χ1n) is 6.12. The first kappa shape index (κ1) is 15.9. The van der Waals surface area contributed by atoms with Crippen LogP contribution in [0.5, 0.6) is 5.75 Å². The van der Waals surface area contributed by atoms with E-state index in [9.17, 15) is 13.5 Å². The number of hydrogen-bond donors (Lipinski definition) is 2. The molecule has 0 aliphatic carbocycles. The van der Waals surface area contributed by atoms with Crippen LogP contribution in [-0.4, -0.2) is 26.7 Å². The van der Waals surface area contributed by atoms with Crippen molar-refractivity contribution in [2.75, 3.05) is 7.11 Å². The molecule has 0 aliphatic rings. The smallest absolute Gasteiger partial charge is 0.240 e. The second-order valence-electron chi connectivity index (χ2n) is 4.79. The highest BCUT2D eigenvalue weighted by Crippen LogP contribution is 2.22. The van der Waals surface area contributed by atoms with Crippen molar-refractivity contribution >= 4 is 10.0 Å². The van der Waals surface area contributed by atoms with Crippen LogP contribution in [0.15, 0.2) is 23.1 Å². The molecule has 1 unspecified atom stereocenters. The first-order valence-corrected chi connectivity index (χ1v) is 7.60. The van der Waals surface area contributed by atoms with Crippen LogP contribution in [0.25, 0.3) is 0 Å². The van der Waals surface area contributed by atoms with Gasteiger partial charge in [0.05, 0.1) is 18.6 Å². The fraction of sp³-hybridized carbons (Fsp3) is 0.538. The van der Waals surface area contributed by atoms with Gasteiger partial charge in [0.1, 0.15) is 5.75 Å². The van der Waals surface area contributed by atoms with Gasteiger partial charge in [-0.05, 0) is 31.0 Å². The van der Waals surface area contributed by atoms with Gasteiger partial charge < -0.3 is 9.84 Å². The van der Waals surface area contributed by atoms with E-state index >= 15 is 0 Å². The Morgan fingerprint density at radius 2 is 1.95 bits per heavy atom. The van der Waals surface area contributed by atoms with Crippen LogP contribution < -0.4 is 9.46 Å². The lowest BCUT2D eigenvalue weighted by Crippen LogP contribution is -2.36. The van der Waals surface area contributed by atoms with Crippen LogP contribution in [0.2, 0.25) is 0 Å². The average molecular weight is 287 g/mol. The average Bonchev–Trinajstić information content (AvgIpc) is 2.37. The minimum Gasteiger partial charge on any atom is -0.496 e. The highest BCUT2D eigenvalue weighted by atomic mass is 32.2. The van der Waals surface area contributed by atoms with Gasteiger partial charge in [0.2, 0.25) is 10.0 Å². The highest BCUT2D eigenvalue weighted by molar-refractivity contribution is 7.89. The van der Waals surface area contributed by atoms with Crippen molar-refractivity contribution in [1.29, 1.82) is 0 Å².